The van der Waals surface area contributed by atoms with Gasteiger partial charge in [-0.25, -0.2) is 0 Å². The number of hydrogen-bond donors (Lipinski definition) is 0. The first-order valence-corrected chi connectivity index (χ1v) is 2.78. The van der Waals surface area contributed by atoms with E-state index in [1.165, 1.54) is 0 Å². The fraction of sp³-hybridized carbons (Fsp3) is 0. The van der Waals surface area contributed by atoms with Crippen molar-refractivity contribution < 1.29 is 21.7 Å². The molecular formula is Cl2STi. The van der Waals surface area contributed by atoms with Crippen LogP contribution >= 0.6 is 31.6 Å². The van der Waals surface area contributed by atoms with E-state index in [0.29, 0.717) is 10.2 Å². The molecule has 0 spiro atoms. The van der Waals surface area contributed by atoms with E-state index < -0.39 is 0 Å². The van der Waals surface area contributed by atoms with Gasteiger partial charge in [0, 0.05) is 21.7 Å². The van der Waals surface area contributed by atoms with E-state index in [4.69, 9.17) is 0 Å². The van der Waals surface area contributed by atoms with Crippen LogP contribution < -0.4 is 0 Å². The molecule has 0 aliphatic carbocycles. The molecule has 0 fully saturated rings. The Hall–Kier alpha value is 1.64. The van der Waals surface area contributed by atoms with Crippen LogP contribution in [0.3, 0.4) is 0 Å². The first-order chi connectivity index (χ1) is 1.41. The van der Waals surface area contributed by atoms with Crippen molar-refractivity contribution in [1.82, 2.24) is 0 Å². The van der Waals surface area contributed by atoms with Gasteiger partial charge in [-0.1, -0.05) is 0 Å². The Morgan fingerprint density at radius 3 is 1.25 bits per heavy atom. The zero-order valence-electron chi connectivity index (χ0n) is 1.66. The van der Waals surface area contributed by atoms with Gasteiger partial charge in [0.2, 0.25) is 0 Å². The van der Waals surface area contributed by atoms with Gasteiger partial charge in [0.15, 0.2) is 0 Å². The van der Waals surface area contributed by atoms with Crippen LogP contribution in [0.4, 0.5) is 0 Å². The molecule has 24 valence electrons. The van der Waals surface area contributed by atoms with Crippen molar-refractivity contribution in [3.63, 3.8) is 0 Å². The van der Waals surface area contributed by atoms with Gasteiger partial charge in [-0.3, -0.25) is 0 Å². The quantitative estimate of drug-likeness (QED) is 0.477. The van der Waals surface area contributed by atoms with E-state index in [0.717, 1.165) is 0 Å². The van der Waals surface area contributed by atoms with Gasteiger partial charge in [0.25, 0.3) is 0 Å². The van der Waals surface area contributed by atoms with E-state index in [9.17, 15) is 0 Å². The third kappa shape index (κ3) is 9.42. The van der Waals surface area contributed by atoms with Gasteiger partial charge < -0.3 is 0 Å². The molecule has 0 rings (SSSR count). The topological polar surface area (TPSA) is 0 Å². The summed E-state index contributed by atoms with van der Waals surface area (Å²) in [6.07, 6.45) is 0. The molecule has 0 aromatic heterocycles. The SMILES string of the molecule is ClSCl.[Ti]. The van der Waals surface area contributed by atoms with Crippen LogP contribution in [0.2, 0.25) is 0 Å². The molecule has 0 aliphatic rings. The monoisotopic (exact) mass is 150 g/mol. The minimum Gasteiger partial charge on any atom is -0.0261 e. The normalized spacial score (nSPS) is 4.50. The molecule has 0 aromatic rings. The second-order valence-corrected chi connectivity index (χ2v) is 1.57. The standard InChI is InChI=1S/Cl2S.Ti/c1-3-2;. The second kappa shape index (κ2) is 8.82. The maximum atomic E-state index is 4.68. The molecule has 0 heterocycles. The van der Waals surface area contributed by atoms with Crippen LogP contribution in [0, 0.1) is 0 Å². The van der Waals surface area contributed by atoms with Gasteiger partial charge in [-0.05, 0) is 21.4 Å². The average molecular weight is 151 g/mol. The van der Waals surface area contributed by atoms with Gasteiger partial charge in [0.1, 0.15) is 0 Å². The van der Waals surface area contributed by atoms with Crippen molar-refractivity contribution in [1.29, 1.82) is 0 Å². The van der Waals surface area contributed by atoms with Crippen molar-refractivity contribution in [3.05, 3.63) is 0 Å². The van der Waals surface area contributed by atoms with Crippen LogP contribution in [0.1, 0.15) is 0 Å². The van der Waals surface area contributed by atoms with E-state index in [1.807, 2.05) is 0 Å². The summed E-state index contributed by atoms with van der Waals surface area (Å²) in [5.41, 5.74) is 0. The molecule has 0 radical (unpaired) electrons. The van der Waals surface area contributed by atoms with Crippen LogP contribution in [0.25, 0.3) is 0 Å². The van der Waals surface area contributed by atoms with Crippen LogP contribution in [-0.2, 0) is 21.7 Å². The predicted octanol–water partition coefficient (Wildman–Crippen LogP) is 2.02. The maximum absolute atomic E-state index is 4.68. The molecule has 0 N–H and O–H groups in total. The fourth-order valence-corrected chi connectivity index (χ4v) is 0. The largest absolute Gasteiger partial charge is 0.0523 e. The van der Waals surface area contributed by atoms with E-state index >= 15 is 0 Å². The summed E-state index contributed by atoms with van der Waals surface area (Å²) in [6, 6.07) is 0. The third-order valence-electron chi connectivity index (χ3n) is 0. The van der Waals surface area contributed by atoms with Crippen LogP contribution in [0.5, 0.6) is 0 Å². The van der Waals surface area contributed by atoms with E-state index in [2.05, 4.69) is 21.4 Å². The van der Waals surface area contributed by atoms with Gasteiger partial charge in [0.05, 0.1) is 10.2 Å². The van der Waals surface area contributed by atoms with Gasteiger partial charge in [-0.2, -0.15) is 0 Å². The van der Waals surface area contributed by atoms with Crippen molar-refractivity contribution in [3.8, 4) is 0 Å². The fourth-order valence-electron chi connectivity index (χ4n) is 0. The minimum absolute atomic E-state index is 0. The van der Waals surface area contributed by atoms with Gasteiger partial charge >= 0.3 is 0 Å². The molecular weight excluding hydrogens is 151 g/mol. The summed E-state index contributed by atoms with van der Waals surface area (Å²) in [5.74, 6) is 0. The van der Waals surface area contributed by atoms with Crippen LogP contribution in [-0.4, -0.2) is 0 Å². The predicted molar refractivity (Wildman–Crippen MR) is 19.3 cm³/mol. The number of halogens is 2. The van der Waals surface area contributed by atoms with Crippen molar-refractivity contribution in [2.75, 3.05) is 0 Å². The maximum Gasteiger partial charge on any atom is 0.0523 e. The number of rotatable bonds is 0. The summed E-state index contributed by atoms with van der Waals surface area (Å²) in [4.78, 5) is 0. The average Bonchev–Trinajstić information content (AvgIpc) is 0.918. The zero-order valence-corrected chi connectivity index (χ0v) is 5.55. The summed E-state index contributed by atoms with van der Waals surface area (Å²) < 4.78 is 0. The smallest absolute Gasteiger partial charge is 0.0261 e. The molecule has 0 amide bonds. The first-order valence-electron chi connectivity index (χ1n) is 0.309. The summed E-state index contributed by atoms with van der Waals surface area (Å²) >= 11 is 0. The summed E-state index contributed by atoms with van der Waals surface area (Å²) in [6.45, 7) is 0. The minimum atomic E-state index is 0. The molecule has 0 saturated carbocycles. The molecule has 0 atom stereocenters. The Balaban J connectivity index is 0. The Labute approximate surface area is 53.1 Å². The summed E-state index contributed by atoms with van der Waals surface area (Å²) in [5, 5.41) is 0. The number of hydrogen-bond acceptors (Lipinski definition) is 1. The molecule has 0 aliphatic heterocycles. The summed E-state index contributed by atoms with van der Waals surface area (Å²) in [7, 11) is 10.1. The Morgan fingerprint density at radius 1 is 1.25 bits per heavy atom. The first kappa shape index (κ1) is 9.17. The van der Waals surface area contributed by atoms with Crippen molar-refractivity contribution in [2.24, 2.45) is 0 Å². The molecule has 4 heteroatoms. The zero-order chi connectivity index (χ0) is 2.71. The second-order valence-electron chi connectivity index (χ2n) is 0.0583. The Bertz CT molecular complexity index is 6.00. The van der Waals surface area contributed by atoms with Gasteiger partial charge in [-0.15, -0.1) is 0 Å². The van der Waals surface area contributed by atoms with E-state index in [-0.39, 0.29) is 21.7 Å². The molecule has 0 saturated heterocycles. The van der Waals surface area contributed by atoms with Crippen molar-refractivity contribution in [2.45, 2.75) is 0 Å². The molecule has 0 nitrogen and oxygen atoms in total. The van der Waals surface area contributed by atoms with Crippen LogP contribution in [0.15, 0.2) is 0 Å². The molecule has 0 bridgehead atoms. The molecule has 0 unspecified atom stereocenters. The third-order valence-corrected chi connectivity index (χ3v) is 0. The molecule has 4 heavy (non-hydrogen) atoms. The van der Waals surface area contributed by atoms with Crippen molar-refractivity contribution >= 4 is 31.6 Å². The Morgan fingerprint density at radius 2 is 1.25 bits per heavy atom. The van der Waals surface area contributed by atoms with E-state index in [1.54, 1.807) is 0 Å². The Kier molecular flexibility index (Phi) is 20.2. The molecule has 0 aromatic carbocycles.